The minimum absolute atomic E-state index is 0.225. The Labute approximate surface area is 147 Å². The number of quaternary nitrogens is 1. The lowest BCUT2D eigenvalue weighted by atomic mass is 10.1. The predicted molar refractivity (Wildman–Crippen MR) is 99.3 cm³/mol. The number of hydrazone groups is 1. The molecule has 7 nitrogen and oxygen atoms in total. The fraction of sp³-hybridized carbons (Fsp3) is 0.389. The molecule has 0 spiro atoms. The fourth-order valence-corrected chi connectivity index (χ4v) is 2.55. The molecule has 4 N–H and O–H groups in total. The van der Waals surface area contributed by atoms with E-state index in [2.05, 4.69) is 34.3 Å². The summed E-state index contributed by atoms with van der Waals surface area (Å²) < 4.78 is 0. The number of hydrogen-bond acceptors (Lipinski definition) is 5. The van der Waals surface area contributed by atoms with Gasteiger partial charge in [-0.3, -0.25) is 9.78 Å². The van der Waals surface area contributed by atoms with Crippen LogP contribution in [0.1, 0.15) is 37.6 Å². The van der Waals surface area contributed by atoms with Crippen LogP contribution in [-0.2, 0) is 6.54 Å². The average molecular weight is 344 g/mol. The first-order chi connectivity index (χ1) is 11.9. The van der Waals surface area contributed by atoms with Crippen LogP contribution in [0.3, 0.4) is 0 Å². The van der Waals surface area contributed by atoms with Crippen molar-refractivity contribution in [3.63, 3.8) is 0 Å². The summed E-state index contributed by atoms with van der Waals surface area (Å²) in [7, 11) is 0. The van der Waals surface area contributed by atoms with E-state index in [1.54, 1.807) is 13.0 Å². The van der Waals surface area contributed by atoms with Crippen molar-refractivity contribution in [1.82, 2.24) is 9.97 Å². The Kier molecular flexibility index (Phi) is 6.30. The third-order valence-corrected chi connectivity index (χ3v) is 4.14. The normalized spacial score (nSPS) is 11.8. The highest BCUT2D eigenvalue weighted by Crippen LogP contribution is 2.18. The summed E-state index contributed by atoms with van der Waals surface area (Å²) >= 11 is 0. The van der Waals surface area contributed by atoms with E-state index in [1.165, 1.54) is 11.0 Å². The van der Waals surface area contributed by atoms with Crippen molar-refractivity contribution in [1.29, 1.82) is 0 Å². The molecule has 0 unspecified atom stereocenters. The number of benzene rings is 1. The van der Waals surface area contributed by atoms with Gasteiger partial charge in [-0.15, -0.1) is 0 Å². The van der Waals surface area contributed by atoms with Crippen molar-refractivity contribution >= 4 is 11.7 Å². The van der Waals surface area contributed by atoms with Crippen molar-refractivity contribution in [2.75, 3.05) is 18.5 Å². The monoisotopic (exact) mass is 344 g/mol. The van der Waals surface area contributed by atoms with Crippen LogP contribution in [0.15, 0.2) is 34.2 Å². The molecule has 0 aliphatic carbocycles. The molecule has 2 rings (SSSR count). The number of H-pyrrole nitrogens is 1. The zero-order valence-electron chi connectivity index (χ0n) is 15.2. The molecule has 0 saturated heterocycles. The van der Waals surface area contributed by atoms with E-state index in [0.29, 0.717) is 17.4 Å². The van der Waals surface area contributed by atoms with Gasteiger partial charge < -0.3 is 10.0 Å². The number of phenolic OH excluding ortho intramolecular Hbond substituents is 1. The third kappa shape index (κ3) is 5.15. The highest BCUT2D eigenvalue weighted by atomic mass is 16.3. The summed E-state index contributed by atoms with van der Waals surface area (Å²) in [5.74, 6) is 0.601. The molecule has 0 atom stereocenters. The molecule has 0 fully saturated rings. The van der Waals surface area contributed by atoms with Crippen molar-refractivity contribution in [3.05, 3.63) is 51.4 Å². The Balaban J connectivity index is 2.20. The minimum Gasteiger partial charge on any atom is -0.507 e. The predicted octanol–water partition coefficient (Wildman–Crippen LogP) is 1.04. The van der Waals surface area contributed by atoms with Gasteiger partial charge >= 0.3 is 0 Å². The highest BCUT2D eigenvalue weighted by Gasteiger charge is 2.11. The second kappa shape index (κ2) is 8.43. The Bertz CT molecular complexity index is 809. The first-order valence-corrected chi connectivity index (χ1v) is 8.47. The SMILES string of the molecule is CC[NH+](CC)Cc1cc(/C(C)=N/Nc2nc(C)cc(=O)[nH]2)ccc1O. The Morgan fingerprint density at radius 2 is 2.04 bits per heavy atom. The van der Waals surface area contributed by atoms with E-state index in [1.807, 2.05) is 19.1 Å². The summed E-state index contributed by atoms with van der Waals surface area (Å²) in [6.45, 7) is 10.6. The lowest BCUT2D eigenvalue weighted by Gasteiger charge is -2.16. The number of nitrogens with zero attached hydrogens (tertiary/aromatic N) is 2. The number of aromatic amines is 1. The topological polar surface area (TPSA) is 94.8 Å². The van der Waals surface area contributed by atoms with E-state index in [9.17, 15) is 9.90 Å². The molecular formula is C18H26N5O2+. The molecule has 0 saturated carbocycles. The minimum atomic E-state index is -0.225. The van der Waals surface area contributed by atoms with Gasteiger partial charge in [-0.2, -0.15) is 5.10 Å². The van der Waals surface area contributed by atoms with Crippen LogP contribution in [0.5, 0.6) is 5.75 Å². The van der Waals surface area contributed by atoms with Gasteiger partial charge in [-0.25, -0.2) is 10.4 Å². The van der Waals surface area contributed by atoms with Gasteiger partial charge in [0.05, 0.1) is 18.8 Å². The van der Waals surface area contributed by atoms with Gasteiger partial charge in [0.2, 0.25) is 5.95 Å². The van der Waals surface area contributed by atoms with E-state index in [-0.39, 0.29) is 5.56 Å². The molecule has 0 aliphatic heterocycles. The molecule has 1 heterocycles. The molecule has 0 bridgehead atoms. The lowest BCUT2D eigenvalue weighted by molar-refractivity contribution is -0.910. The van der Waals surface area contributed by atoms with Gasteiger partial charge in [-0.05, 0) is 51.5 Å². The Morgan fingerprint density at radius 3 is 2.68 bits per heavy atom. The number of nitrogens with one attached hydrogen (secondary N) is 3. The standard InChI is InChI=1S/C18H25N5O2/c1-5-23(6-2)11-15-10-14(7-8-16(15)24)13(4)21-22-18-19-12(3)9-17(25)20-18/h7-10,24H,5-6,11H2,1-4H3,(H2,19,20,22,25)/p+1/b21-13+. The summed E-state index contributed by atoms with van der Waals surface area (Å²) in [5, 5.41) is 14.4. The van der Waals surface area contributed by atoms with Crippen LogP contribution in [0.25, 0.3) is 0 Å². The van der Waals surface area contributed by atoms with E-state index >= 15 is 0 Å². The maximum atomic E-state index is 11.5. The van der Waals surface area contributed by atoms with E-state index in [4.69, 9.17) is 0 Å². The molecule has 25 heavy (non-hydrogen) atoms. The summed E-state index contributed by atoms with van der Waals surface area (Å²) in [5.41, 5.74) is 5.71. The van der Waals surface area contributed by atoms with Crippen LogP contribution in [-0.4, -0.2) is 33.9 Å². The van der Waals surface area contributed by atoms with Gasteiger partial charge in [0.15, 0.2) is 0 Å². The van der Waals surface area contributed by atoms with Crippen LogP contribution in [0, 0.1) is 6.92 Å². The maximum absolute atomic E-state index is 11.5. The highest BCUT2D eigenvalue weighted by molar-refractivity contribution is 5.99. The summed E-state index contributed by atoms with van der Waals surface area (Å²) in [6, 6.07) is 6.89. The zero-order chi connectivity index (χ0) is 18.4. The number of aryl methyl sites for hydroxylation is 1. The van der Waals surface area contributed by atoms with Gasteiger partial charge in [0.25, 0.3) is 5.56 Å². The smallest absolute Gasteiger partial charge is 0.252 e. The molecule has 0 amide bonds. The van der Waals surface area contributed by atoms with E-state index in [0.717, 1.165) is 36.5 Å². The molecule has 2 aromatic rings. The molecular weight excluding hydrogens is 318 g/mol. The average Bonchev–Trinajstić information content (AvgIpc) is 2.58. The molecule has 0 radical (unpaired) electrons. The first-order valence-electron chi connectivity index (χ1n) is 8.47. The second-order valence-corrected chi connectivity index (χ2v) is 6.02. The molecule has 1 aromatic heterocycles. The van der Waals surface area contributed by atoms with Crippen molar-refractivity contribution in [2.45, 2.75) is 34.2 Å². The molecule has 0 aliphatic rings. The molecule has 134 valence electrons. The molecule has 7 heteroatoms. The van der Waals surface area contributed by atoms with Crippen LogP contribution in [0.2, 0.25) is 0 Å². The van der Waals surface area contributed by atoms with Gasteiger partial charge in [0, 0.05) is 17.3 Å². The first kappa shape index (κ1) is 18.7. The quantitative estimate of drug-likeness (QED) is 0.446. The summed E-state index contributed by atoms with van der Waals surface area (Å²) in [4.78, 5) is 19.6. The van der Waals surface area contributed by atoms with E-state index < -0.39 is 0 Å². The largest absolute Gasteiger partial charge is 0.507 e. The van der Waals surface area contributed by atoms with Crippen LogP contribution >= 0.6 is 0 Å². The summed E-state index contributed by atoms with van der Waals surface area (Å²) in [6.07, 6.45) is 0. The number of hydrogen-bond donors (Lipinski definition) is 4. The van der Waals surface area contributed by atoms with Crippen molar-refractivity contribution < 1.29 is 10.0 Å². The zero-order valence-corrected chi connectivity index (χ0v) is 15.2. The number of aromatic nitrogens is 2. The maximum Gasteiger partial charge on any atom is 0.252 e. The number of anilines is 1. The van der Waals surface area contributed by atoms with Crippen LogP contribution < -0.4 is 15.9 Å². The number of rotatable bonds is 7. The molecule has 1 aromatic carbocycles. The second-order valence-electron chi connectivity index (χ2n) is 6.02. The number of aromatic hydroxyl groups is 1. The third-order valence-electron chi connectivity index (χ3n) is 4.14. The number of phenols is 1. The van der Waals surface area contributed by atoms with Crippen LogP contribution in [0.4, 0.5) is 5.95 Å². The van der Waals surface area contributed by atoms with Gasteiger partial charge in [-0.1, -0.05) is 0 Å². The Morgan fingerprint density at radius 1 is 1.32 bits per heavy atom. The van der Waals surface area contributed by atoms with Gasteiger partial charge in [0.1, 0.15) is 12.3 Å². The van der Waals surface area contributed by atoms with Crippen molar-refractivity contribution in [3.8, 4) is 5.75 Å². The van der Waals surface area contributed by atoms with Crippen molar-refractivity contribution in [2.24, 2.45) is 5.10 Å². The Hall–Kier alpha value is -2.67. The fourth-order valence-electron chi connectivity index (χ4n) is 2.55. The lowest BCUT2D eigenvalue weighted by Crippen LogP contribution is -3.10.